The molecule has 3 rings (SSSR count). The summed E-state index contributed by atoms with van der Waals surface area (Å²) >= 11 is 0. The standard InChI is InChI=1S/C10H11F3N8/c11-10(12,13)9(2-3-9)19-6-16-7(20-14)18-8(17-6)21-5-1-4-15-21/h1,4-5H,2-3,14H2,(H2,16,17,18,19,20). The highest BCUT2D eigenvalue weighted by Crippen LogP contribution is 2.50. The van der Waals surface area contributed by atoms with E-state index >= 15 is 0 Å². The summed E-state index contributed by atoms with van der Waals surface area (Å²) in [4.78, 5) is 11.7. The zero-order chi connectivity index (χ0) is 15.1. The number of aromatic nitrogens is 5. The number of nitrogens with zero attached hydrogens (tertiary/aromatic N) is 5. The van der Waals surface area contributed by atoms with Crippen LogP contribution in [0.3, 0.4) is 0 Å². The minimum atomic E-state index is -4.37. The lowest BCUT2D eigenvalue weighted by molar-refractivity contribution is -0.151. The Hall–Kier alpha value is -2.43. The van der Waals surface area contributed by atoms with Gasteiger partial charge < -0.3 is 5.32 Å². The van der Waals surface area contributed by atoms with E-state index in [1.807, 2.05) is 0 Å². The molecule has 8 nitrogen and oxygen atoms in total. The van der Waals surface area contributed by atoms with Crippen molar-refractivity contribution in [3.63, 3.8) is 0 Å². The van der Waals surface area contributed by atoms with Crippen molar-refractivity contribution in [2.75, 3.05) is 10.7 Å². The number of hydrazine groups is 1. The van der Waals surface area contributed by atoms with Crippen LogP contribution in [0.1, 0.15) is 12.8 Å². The number of alkyl halides is 3. The lowest BCUT2D eigenvalue weighted by atomic mass is 10.3. The molecule has 0 radical (unpaired) electrons. The molecule has 2 aromatic rings. The number of hydrogen-bond acceptors (Lipinski definition) is 7. The molecule has 11 heteroatoms. The van der Waals surface area contributed by atoms with Crippen LogP contribution in [-0.4, -0.2) is 36.4 Å². The van der Waals surface area contributed by atoms with Gasteiger partial charge in [0.05, 0.1) is 0 Å². The topological polar surface area (TPSA) is 107 Å². The minimum Gasteiger partial charge on any atom is -0.340 e. The Morgan fingerprint density at radius 3 is 2.43 bits per heavy atom. The van der Waals surface area contributed by atoms with E-state index in [1.165, 1.54) is 10.9 Å². The molecule has 0 aliphatic heterocycles. The molecule has 0 unspecified atom stereocenters. The molecule has 2 aromatic heterocycles. The Kier molecular flexibility index (Phi) is 2.93. The third-order valence-corrected chi connectivity index (χ3v) is 3.11. The molecule has 1 saturated carbocycles. The fraction of sp³-hybridized carbons (Fsp3) is 0.400. The molecule has 0 saturated heterocycles. The second-order valence-electron chi connectivity index (χ2n) is 4.58. The van der Waals surface area contributed by atoms with Crippen molar-refractivity contribution < 1.29 is 13.2 Å². The van der Waals surface area contributed by atoms with Crippen LogP contribution in [0.5, 0.6) is 0 Å². The smallest absolute Gasteiger partial charge is 0.340 e. The Labute approximate surface area is 116 Å². The maximum atomic E-state index is 12.9. The van der Waals surface area contributed by atoms with Crippen molar-refractivity contribution in [1.29, 1.82) is 0 Å². The van der Waals surface area contributed by atoms with E-state index in [1.54, 1.807) is 12.3 Å². The number of nitrogens with two attached hydrogens (primary N) is 1. The molecule has 0 atom stereocenters. The summed E-state index contributed by atoms with van der Waals surface area (Å²) in [5, 5.41) is 6.23. The van der Waals surface area contributed by atoms with Gasteiger partial charge in [-0.3, -0.25) is 5.43 Å². The van der Waals surface area contributed by atoms with Crippen molar-refractivity contribution in [3.05, 3.63) is 18.5 Å². The molecule has 1 aliphatic carbocycles. The average molecular weight is 300 g/mol. The van der Waals surface area contributed by atoms with Gasteiger partial charge >= 0.3 is 6.18 Å². The van der Waals surface area contributed by atoms with E-state index in [4.69, 9.17) is 5.84 Å². The first kappa shape index (κ1) is 13.5. The van der Waals surface area contributed by atoms with Gasteiger partial charge in [0.25, 0.3) is 5.95 Å². The number of rotatable bonds is 4. The molecule has 112 valence electrons. The SMILES string of the molecule is NNc1nc(NC2(C(F)(F)F)CC2)nc(-n2cccn2)n1. The van der Waals surface area contributed by atoms with Crippen molar-refractivity contribution in [3.8, 4) is 5.95 Å². The fourth-order valence-corrected chi connectivity index (χ4v) is 1.79. The van der Waals surface area contributed by atoms with Crippen LogP contribution in [0, 0.1) is 0 Å². The highest BCUT2D eigenvalue weighted by molar-refractivity contribution is 5.41. The number of nitrogens with one attached hydrogen (secondary N) is 2. The van der Waals surface area contributed by atoms with Gasteiger partial charge in [-0.05, 0) is 18.9 Å². The highest BCUT2D eigenvalue weighted by Gasteiger charge is 2.64. The van der Waals surface area contributed by atoms with Crippen LogP contribution < -0.4 is 16.6 Å². The fourth-order valence-electron chi connectivity index (χ4n) is 1.79. The summed E-state index contributed by atoms with van der Waals surface area (Å²) in [6.07, 6.45) is -1.38. The van der Waals surface area contributed by atoms with Crippen molar-refractivity contribution >= 4 is 11.9 Å². The lowest BCUT2D eigenvalue weighted by Crippen LogP contribution is -2.39. The number of hydrogen-bond donors (Lipinski definition) is 3. The van der Waals surface area contributed by atoms with Gasteiger partial charge in [0.15, 0.2) is 0 Å². The summed E-state index contributed by atoms with van der Waals surface area (Å²) in [7, 11) is 0. The van der Waals surface area contributed by atoms with Crippen LogP contribution in [0.2, 0.25) is 0 Å². The van der Waals surface area contributed by atoms with Gasteiger partial charge in [-0.25, -0.2) is 10.5 Å². The summed E-state index contributed by atoms with van der Waals surface area (Å²) < 4.78 is 40.1. The average Bonchev–Trinajstić information content (AvgIpc) is 3.03. The molecular weight excluding hydrogens is 289 g/mol. The first-order valence-corrected chi connectivity index (χ1v) is 6.01. The molecule has 0 spiro atoms. The first-order valence-electron chi connectivity index (χ1n) is 6.01. The van der Waals surface area contributed by atoms with Crippen LogP contribution in [0.25, 0.3) is 5.95 Å². The van der Waals surface area contributed by atoms with E-state index < -0.39 is 11.7 Å². The van der Waals surface area contributed by atoms with Gasteiger partial charge in [-0.2, -0.15) is 33.2 Å². The summed E-state index contributed by atoms with van der Waals surface area (Å²) in [5.41, 5.74) is 0.219. The largest absolute Gasteiger partial charge is 0.411 e. The van der Waals surface area contributed by atoms with E-state index in [-0.39, 0.29) is 30.7 Å². The number of halogens is 3. The highest BCUT2D eigenvalue weighted by atomic mass is 19.4. The quantitative estimate of drug-likeness (QED) is 0.567. The van der Waals surface area contributed by atoms with E-state index in [2.05, 4.69) is 30.8 Å². The molecule has 0 aromatic carbocycles. The van der Waals surface area contributed by atoms with Crippen molar-refractivity contribution in [1.82, 2.24) is 24.7 Å². The van der Waals surface area contributed by atoms with Gasteiger partial charge in [-0.1, -0.05) is 0 Å². The zero-order valence-electron chi connectivity index (χ0n) is 10.6. The van der Waals surface area contributed by atoms with Crippen LogP contribution in [-0.2, 0) is 0 Å². The lowest BCUT2D eigenvalue weighted by Gasteiger charge is -2.20. The van der Waals surface area contributed by atoms with Crippen LogP contribution in [0.15, 0.2) is 18.5 Å². The van der Waals surface area contributed by atoms with Gasteiger partial charge in [0.1, 0.15) is 5.54 Å². The predicted molar refractivity (Wildman–Crippen MR) is 66.4 cm³/mol. The second kappa shape index (κ2) is 4.55. The first-order chi connectivity index (χ1) is 9.93. The normalized spacial score (nSPS) is 16.6. The van der Waals surface area contributed by atoms with E-state index in [0.717, 1.165) is 0 Å². The maximum absolute atomic E-state index is 12.9. The number of nitrogen functional groups attached to an aromatic ring is 1. The predicted octanol–water partition coefficient (Wildman–Crippen LogP) is 0.850. The second-order valence-corrected chi connectivity index (χ2v) is 4.58. The third kappa shape index (κ3) is 2.46. The third-order valence-electron chi connectivity index (χ3n) is 3.11. The van der Waals surface area contributed by atoms with Crippen molar-refractivity contribution in [2.24, 2.45) is 5.84 Å². The van der Waals surface area contributed by atoms with Crippen LogP contribution in [0.4, 0.5) is 25.1 Å². The molecule has 4 N–H and O–H groups in total. The van der Waals surface area contributed by atoms with Gasteiger partial charge in [-0.15, -0.1) is 0 Å². The molecule has 0 bridgehead atoms. The minimum absolute atomic E-state index is 0.0231. The molecule has 2 heterocycles. The van der Waals surface area contributed by atoms with E-state index in [0.29, 0.717) is 0 Å². The van der Waals surface area contributed by atoms with E-state index in [9.17, 15) is 13.2 Å². The Balaban J connectivity index is 1.94. The molecule has 1 aliphatic rings. The molecule has 1 fully saturated rings. The molecule has 0 amide bonds. The monoisotopic (exact) mass is 300 g/mol. The summed E-state index contributed by atoms with van der Waals surface area (Å²) in [5.74, 6) is 5.01. The Bertz CT molecular complexity index is 634. The summed E-state index contributed by atoms with van der Waals surface area (Å²) in [6.45, 7) is 0. The maximum Gasteiger partial charge on any atom is 0.411 e. The Morgan fingerprint density at radius 1 is 1.19 bits per heavy atom. The van der Waals surface area contributed by atoms with Gasteiger partial charge in [0.2, 0.25) is 11.9 Å². The summed E-state index contributed by atoms with van der Waals surface area (Å²) in [6, 6.07) is 1.63. The molecular formula is C10H11F3N8. The van der Waals surface area contributed by atoms with Crippen molar-refractivity contribution in [2.45, 2.75) is 24.6 Å². The van der Waals surface area contributed by atoms with Gasteiger partial charge in [0, 0.05) is 12.4 Å². The molecule has 21 heavy (non-hydrogen) atoms. The zero-order valence-corrected chi connectivity index (χ0v) is 10.6. The Morgan fingerprint density at radius 2 is 1.90 bits per heavy atom. The van der Waals surface area contributed by atoms with Crippen LogP contribution >= 0.6 is 0 Å². The number of anilines is 2.